The Kier molecular flexibility index (Phi) is 8.42. The van der Waals surface area contributed by atoms with E-state index < -0.39 is 12.1 Å². The van der Waals surface area contributed by atoms with Crippen LogP contribution in [-0.4, -0.2) is 39.5 Å². The lowest BCUT2D eigenvalue weighted by molar-refractivity contribution is -0.113. The van der Waals surface area contributed by atoms with E-state index in [0.29, 0.717) is 22.4 Å². The van der Waals surface area contributed by atoms with Gasteiger partial charge in [0.2, 0.25) is 5.91 Å². The molecular weight excluding hydrogens is 519 g/mol. The van der Waals surface area contributed by atoms with Gasteiger partial charge in [-0.2, -0.15) is 0 Å². The predicted octanol–water partition coefficient (Wildman–Crippen LogP) is 5.72. The highest BCUT2D eigenvalue weighted by Crippen LogP contribution is 2.28. The van der Waals surface area contributed by atoms with Crippen molar-refractivity contribution in [2.75, 3.05) is 18.2 Å². The number of rotatable bonds is 9. The Balaban J connectivity index is 1.51. The second-order valence-electron chi connectivity index (χ2n) is 7.75. The first-order valence-electron chi connectivity index (χ1n) is 11.1. The van der Waals surface area contributed by atoms with Crippen molar-refractivity contribution in [3.05, 3.63) is 95.0 Å². The molecule has 0 radical (unpaired) electrons. The van der Waals surface area contributed by atoms with E-state index >= 15 is 0 Å². The quantitative estimate of drug-likeness (QED) is 0.214. The Morgan fingerprint density at radius 3 is 2.51 bits per heavy atom. The molecule has 37 heavy (non-hydrogen) atoms. The highest BCUT2D eigenvalue weighted by atomic mass is 35.5. The van der Waals surface area contributed by atoms with Crippen molar-refractivity contribution in [1.82, 2.24) is 14.8 Å². The lowest BCUT2D eigenvalue weighted by Crippen LogP contribution is -2.16. The van der Waals surface area contributed by atoms with E-state index in [1.807, 2.05) is 41.8 Å². The van der Waals surface area contributed by atoms with Gasteiger partial charge in [0.15, 0.2) is 17.1 Å². The van der Waals surface area contributed by atoms with Gasteiger partial charge in [-0.15, -0.1) is 10.2 Å². The molecule has 0 aliphatic rings. The summed E-state index contributed by atoms with van der Waals surface area (Å²) < 4.78 is 25.8. The van der Waals surface area contributed by atoms with E-state index in [1.165, 1.54) is 55.3 Å². The predicted molar refractivity (Wildman–Crippen MR) is 139 cm³/mol. The first-order valence-corrected chi connectivity index (χ1v) is 12.5. The number of nitrogens with zero attached hydrogens (tertiary/aromatic N) is 3. The minimum Gasteiger partial charge on any atom is -0.483 e. The Hall–Kier alpha value is -3.89. The lowest BCUT2D eigenvalue weighted by Gasteiger charge is -2.16. The summed E-state index contributed by atoms with van der Waals surface area (Å²) in [5.74, 6) is -0.254. The van der Waals surface area contributed by atoms with Gasteiger partial charge in [0.1, 0.15) is 11.6 Å². The van der Waals surface area contributed by atoms with Crippen LogP contribution in [0, 0.1) is 5.82 Å². The minimum atomic E-state index is -0.601. The van der Waals surface area contributed by atoms with Gasteiger partial charge in [-0.05, 0) is 61.5 Å². The van der Waals surface area contributed by atoms with Crippen molar-refractivity contribution in [3.63, 3.8) is 0 Å². The summed E-state index contributed by atoms with van der Waals surface area (Å²) in [5.41, 5.74) is 1.35. The number of para-hydroxylation sites is 1. The Morgan fingerprint density at radius 1 is 1.08 bits per heavy atom. The average Bonchev–Trinajstić information content (AvgIpc) is 3.34. The number of hydrogen-bond donors (Lipinski definition) is 1. The molecule has 1 unspecified atom stereocenters. The van der Waals surface area contributed by atoms with Gasteiger partial charge in [-0.3, -0.25) is 9.36 Å². The summed E-state index contributed by atoms with van der Waals surface area (Å²) in [6, 6.07) is 19.7. The molecule has 4 rings (SSSR count). The number of methoxy groups -OCH3 is 1. The number of anilines is 1. The van der Waals surface area contributed by atoms with E-state index in [0.717, 1.165) is 5.69 Å². The molecule has 1 heterocycles. The number of halogens is 2. The second-order valence-corrected chi connectivity index (χ2v) is 9.10. The van der Waals surface area contributed by atoms with Crippen molar-refractivity contribution < 1.29 is 23.5 Å². The van der Waals surface area contributed by atoms with E-state index in [-0.39, 0.29) is 28.1 Å². The number of hydrogen-bond acceptors (Lipinski definition) is 7. The average molecular weight is 541 g/mol. The molecule has 0 fully saturated rings. The summed E-state index contributed by atoms with van der Waals surface area (Å²) in [5, 5.41) is 12.1. The molecule has 11 heteroatoms. The van der Waals surface area contributed by atoms with Gasteiger partial charge in [0, 0.05) is 11.4 Å². The molecule has 190 valence electrons. The number of carbonyl (C=O) groups excluding carboxylic acids is 2. The van der Waals surface area contributed by atoms with E-state index in [2.05, 4.69) is 15.5 Å². The Labute approximate surface area is 221 Å². The van der Waals surface area contributed by atoms with Crippen LogP contribution in [0.4, 0.5) is 10.1 Å². The van der Waals surface area contributed by atoms with Gasteiger partial charge >= 0.3 is 5.97 Å². The fraction of sp³-hybridized carbons (Fsp3) is 0.154. The lowest BCUT2D eigenvalue weighted by atomic mass is 10.2. The summed E-state index contributed by atoms with van der Waals surface area (Å²) in [6.45, 7) is 1.81. The number of nitrogens with one attached hydrogen (secondary N) is 1. The van der Waals surface area contributed by atoms with Gasteiger partial charge in [-0.1, -0.05) is 41.6 Å². The molecule has 1 amide bonds. The van der Waals surface area contributed by atoms with Gasteiger partial charge in [0.05, 0.1) is 23.4 Å². The van der Waals surface area contributed by atoms with Crippen LogP contribution >= 0.6 is 23.4 Å². The Morgan fingerprint density at radius 2 is 1.81 bits per heavy atom. The van der Waals surface area contributed by atoms with E-state index in [1.54, 1.807) is 6.07 Å². The molecule has 0 bridgehead atoms. The topological polar surface area (TPSA) is 95.3 Å². The van der Waals surface area contributed by atoms with Crippen LogP contribution in [-0.2, 0) is 9.53 Å². The van der Waals surface area contributed by atoms with E-state index in [4.69, 9.17) is 21.1 Å². The van der Waals surface area contributed by atoms with Gasteiger partial charge in [0.25, 0.3) is 0 Å². The molecule has 0 spiro atoms. The number of esters is 1. The number of carbonyl (C=O) groups is 2. The maximum absolute atomic E-state index is 13.3. The van der Waals surface area contributed by atoms with Crippen molar-refractivity contribution in [2.45, 2.75) is 18.2 Å². The number of ether oxygens (including phenoxy) is 2. The van der Waals surface area contributed by atoms with Crippen molar-refractivity contribution in [2.24, 2.45) is 0 Å². The molecule has 0 saturated carbocycles. The molecular formula is C26H22ClFN4O4S. The first kappa shape index (κ1) is 26.2. The van der Waals surface area contributed by atoms with Crippen molar-refractivity contribution in [1.29, 1.82) is 0 Å². The highest BCUT2D eigenvalue weighted by Gasteiger charge is 2.22. The number of benzene rings is 3. The third-order valence-corrected chi connectivity index (χ3v) is 6.41. The molecule has 0 aliphatic carbocycles. The van der Waals surface area contributed by atoms with Crippen LogP contribution in [0.2, 0.25) is 5.02 Å². The SMILES string of the molecule is COC(=O)c1cc(NC(=O)CSc2nnc(C(C)Oc3ccc(F)cc3)n2-c2ccccc2)ccc1Cl. The summed E-state index contributed by atoms with van der Waals surface area (Å²) in [4.78, 5) is 24.6. The molecule has 1 atom stereocenters. The fourth-order valence-corrected chi connectivity index (χ4v) is 4.38. The Bertz CT molecular complexity index is 1400. The molecule has 4 aromatic rings. The summed E-state index contributed by atoms with van der Waals surface area (Å²) in [6.07, 6.45) is -0.521. The monoisotopic (exact) mass is 540 g/mol. The highest BCUT2D eigenvalue weighted by molar-refractivity contribution is 7.99. The van der Waals surface area contributed by atoms with Crippen LogP contribution in [0.5, 0.6) is 5.75 Å². The first-order chi connectivity index (χ1) is 17.9. The largest absolute Gasteiger partial charge is 0.483 e. The van der Waals surface area contributed by atoms with Crippen molar-refractivity contribution in [3.8, 4) is 11.4 Å². The number of amides is 1. The van der Waals surface area contributed by atoms with Crippen LogP contribution in [0.15, 0.2) is 78.0 Å². The van der Waals surface area contributed by atoms with Gasteiger partial charge in [-0.25, -0.2) is 9.18 Å². The summed E-state index contributed by atoms with van der Waals surface area (Å²) >= 11 is 7.23. The normalized spacial score (nSPS) is 11.6. The minimum absolute atomic E-state index is 0.0222. The zero-order valence-electron chi connectivity index (χ0n) is 19.9. The zero-order chi connectivity index (χ0) is 26.4. The van der Waals surface area contributed by atoms with Gasteiger partial charge < -0.3 is 14.8 Å². The van der Waals surface area contributed by atoms with Crippen LogP contribution in [0.3, 0.4) is 0 Å². The maximum atomic E-state index is 13.3. The van der Waals surface area contributed by atoms with Crippen LogP contribution in [0.1, 0.15) is 29.2 Å². The smallest absolute Gasteiger partial charge is 0.339 e. The number of thioether (sulfide) groups is 1. The standard InChI is InChI=1S/C26H22ClFN4O4S/c1-16(36-20-11-8-17(28)9-12-20)24-30-31-26(32(24)19-6-4-3-5-7-19)37-15-23(33)29-18-10-13-22(27)21(14-18)25(34)35-2/h3-14,16H,15H2,1-2H3,(H,29,33). The molecule has 3 aromatic carbocycles. The zero-order valence-corrected chi connectivity index (χ0v) is 21.4. The fourth-order valence-electron chi connectivity index (χ4n) is 3.42. The molecule has 8 nitrogen and oxygen atoms in total. The second kappa shape index (κ2) is 11.9. The summed E-state index contributed by atoms with van der Waals surface area (Å²) in [7, 11) is 1.25. The maximum Gasteiger partial charge on any atom is 0.339 e. The van der Waals surface area contributed by atoms with E-state index in [9.17, 15) is 14.0 Å². The van der Waals surface area contributed by atoms with Crippen molar-refractivity contribution >= 4 is 40.9 Å². The van der Waals surface area contributed by atoms with Crippen LogP contribution in [0.25, 0.3) is 5.69 Å². The number of aromatic nitrogens is 3. The van der Waals surface area contributed by atoms with Crippen LogP contribution < -0.4 is 10.1 Å². The molecule has 0 saturated heterocycles. The third-order valence-electron chi connectivity index (χ3n) is 5.15. The molecule has 1 N–H and O–H groups in total. The molecule has 1 aromatic heterocycles. The molecule has 0 aliphatic heterocycles. The third kappa shape index (κ3) is 6.46.